The van der Waals surface area contributed by atoms with E-state index in [1.807, 2.05) is 19.2 Å². The number of carbonyl (C=O) groups is 2. The average molecular weight is 287 g/mol. The molecular weight excluding hydrogens is 266 g/mol. The number of benzene rings is 1. The number of nitrogens with zero attached hydrogens (tertiary/aromatic N) is 2. The molecule has 0 bridgehead atoms. The lowest BCUT2D eigenvalue weighted by Gasteiger charge is -2.25. The topological polar surface area (TPSA) is 66.6 Å². The second-order valence-corrected chi connectivity index (χ2v) is 5.96. The lowest BCUT2D eigenvalue weighted by molar-refractivity contribution is -0.130. The Bertz CT molecular complexity index is 581. The van der Waals surface area contributed by atoms with Gasteiger partial charge in [0.1, 0.15) is 6.54 Å². The molecule has 2 N–H and O–H groups in total. The van der Waals surface area contributed by atoms with Crippen molar-refractivity contribution in [2.45, 2.75) is 38.1 Å². The Hall–Kier alpha value is -2.04. The molecule has 5 nitrogen and oxygen atoms in total. The zero-order chi connectivity index (χ0) is 15.0. The Morgan fingerprint density at radius 2 is 2.14 bits per heavy atom. The predicted octanol–water partition coefficient (Wildman–Crippen LogP) is 1.56. The van der Waals surface area contributed by atoms with Crippen LogP contribution in [0.3, 0.4) is 0 Å². The quantitative estimate of drug-likeness (QED) is 0.858. The van der Waals surface area contributed by atoms with Gasteiger partial charge in [-0.3, -0.25) is 9.59 Å². The summed E-state index contributed by atoms with van der Waals surface area (Å²) in [5, 5.41) is 0. The largest absolute Gasteiger partial charge is 0.399 e. The van der Waals surface area contributed by atoms with Gasteiger partial charge in [-0.05, 0) is 49.4 Å². The normalized spacial score (nSPS) is 18.1. The molecule has 5 heteroatoms. The molecule has 0 spiro atoms. The first-order valence-electron chi connectivity index (χ1n) is 7.50. The number of hydrogen-bond acceptors (Lipinski definition) is 3. The third kappa shape index (κ3) is 2.86. The van der Waals surface area contributed by atoms with Crippen molar-refractivity contribution >= 4 is 23.2 Å². The zero-order valence-corrected chi connectivity index (χ0v) is 12.3. The summed E-state index contributed by atoms with van der Waals surface area (Å²) in [6.45, 7) is 0.128. The number of carbonyl (C=O) groups excluding carboxylic acids is 2. The van der Waals surface area contributed by atoms with E-state index >= 15 is 0 Å². The van der Waals surface area contributed by atoms with E-state index in [2.05, 4.69) is 0 Å². The van der Waals surface area contributed by atoms with Gasteiger partial charge in [-0.2, -0.15) is 0 Å². The van der Waals surface area contributed by atoms with Crippen molar-refractivity contribution in [3.8, 4) is 0 Å². The van der Waals surface area contributed by atoms with Crippen LogP contribution in [0.2, 0.25) is 0 Å². The van der Waals surface area contributed by atoms with E-state index in [4.69, 9.17) is 5.73 Å². The number of nitrogen functional groups attached to an aromatic ring is 1. The van der Waals surface area contributed by atoms with Gasteiger partial charge in [-0.25, -0.2) is 0 Å². The molecule has 3 rings (SSSR count). The van der Waals surface area contributed by atoms with Crippen molar-refractivity contribution in [2.75, 3.05) is 24.2 Å². The van der Waals surface area contributed by atoms with Gasteiger partial charge in [-0.15, -0.1) is 0 Å². The smallest absolute Gasteiger partial charge is 0.242 e. The Labute approximate surface area is 124 Å². The number of rotatable bonds is 3. The number of amides is 2. The van der Waals surface area contributed by atoms with Crippen molar-refractivity contribution in [2.24, 2.45) is 0 Å². The summed E-state index contributed by atoms with van der Waals surface area (Å²) in [4.78, 5) is 28.1. The minimum Gasteiger partial charge on any atom is -0.399 e. The predicted molar refractivity (Wildman–Crippen MR) is 81.9 cm³/mol. The fourth-order valence-corrected chi connectivity index (χ4v) is 2.85. The van der Waals surface area contributed by atoms with Crippen molar-refractivity contribution in [1.29, 1.82) is 0 Å². The fraction of sp³-hybridized carbons (Fsp3) is 0.500. The first-order chi connectivity index (χ1) is 10.1. The maximum Gasteiger partial charge on any atom is 0.242 e. The Balaban J connectivity index is 1.85. The van der Waals surface area contributed by atoms with E-state index < -0.39 is 0 Å². The molecular formula is C16H21N3O2. The molecule has 2 aliphatic rings. The van der Waals surface area contributed by atoms with Crippen LogP contribution in [0.15, 0.2) is 18.2 Å². The average Bonchev–Trinajstić information content (AvgIpc) is 3.28. The van der Waals surface area contributed by atoms with Gasteiger partial charge >= 0.3 is 0 Å². The second kappa shape index (κ2) is 5.39. The summed E-state index contributed by atoms with van der Waals surface area (Å²) in [5.41, 5.74) is 8.43. The Morgan fingerprint density at radius 3 is 2.86 bits per heavy atom. The number of hydrogen-bond donors (Lipinski definition) is 1. The number of anilines is 2. The van der Waals surface area contributed by atoms with Crippen LogP contribution in [0, 0.1) is 0 Å². The number of nitrogens with two attached hydrogens (primary N) is 1. The van der Waals surface area contributed by atoms with E-state index in [0.29, 0.717) is 18.2 Å². The maximum atomic E-state index is 12.3. The molecule has 1 heterocycles. The molecule has 1 saturated carbocycles. The second-order valence-electron chi connectivity index (χ2n) is 5.96. The SMILES string of the molecule is CN(C(=O)CN1C(=O)CCCc2cc(N)ccc21)C1CC1. The van der Waals surface area contributed by atoms with Gasteiger partial charge in [0, 0.05) is 30.9 Å². The number of aryl methyl sites for hydroxylation is 1. The molecule has 1 aliphatic carbocycles. The highest BCUT2D eigenvalue weighted by Gasteiger charge is 2.32. The summed E-state index contributed by atoms with van der Waals surface area (Å²) >= 11 is 0. The van der Waals surface area contributed by atoms with Crippen molar-refractivity contribution in [3.63, 3.8) is 0 Å². The van der Waals surface area contributed by atoms with Crippen LogP contribution in [0.1, 0.15) is 31.2 Å². The van der Waals surface area contributed by atoms with Crippen molar-refractivity contribution in [1.82, 2.24) is 4.90 Å². The summed E-state index contributed by atoms with van der Waals surface area (Å²) in [6.07, 6.45) is 4.26. The minimum absolute atomic E-state index is 0.00975. The lowest BCUT2D eigenvalue weighted by Crippen LogP contribution is -2.42. The maximum absolute atomic E-state index is 12.3. The molecule has 0 aromatic heterocycles. The molecule has 1 aliphatic heterocycles. The van der Waals surface area contributed by atoms with Crippen LogP contribution >= 0.6 is 0 Å². The molecule has 2 amide bonds. The van der Waals surface area contributed by atoms with Gasteiger partial charge in [0.2, 0.25) is 11.8 Å². The molecule has 0 radical (unpaired) electrons. The molecule has 112 valence electrons. The molecule has 1 aromatic rings. The van der Waals surface area contributed by atoms with Crippen LogP contribution in [-0.2, 0) is 16.0 Å². The first-order valence-corrected chi connectivity index (χ1v) is 7.50. The van der Waals surface area contributed by atoms with Gasteiger partial charge in [0.25, 0.3) is 0 Å². The minimum atomic E-state index is 0.00975. The van der Waals surface area contributed by atoms with Gasteiger partial charge in [0.15, 0.2) is 0 Å². The summed E-state index contributed by atoms with van der Waals surface area (Å²) in [7, 11) is 1.83. The van der Waals surface area contributed by atoms with E-state index in [1.165, 1.54) is 0 Å². The molecule has 0 atom stereocenters. The van der Waals surface area contributed by atoms with Gasteiger partial charge in [0.05, 0.1) is 0 Å². The number of likely N-dealkylation sites (N-methyl/N-ethyl adjacent to an activating group) is 1. The molecule has 0 unspecified atom stereocenters. The van der Waals surface area contributed by atoms with Gasteiger partial charge < -0.3 is 15.5 Å². The summed E-state index contributed by atoms with van der Waals surface area (Å²) in [6, 6.07) is 5.93. The first kappa shape index (κ1) is 13.9. The highest BCUT2D eigenvalue weighted by atomic mass is 16.2. The standard InChI is InChI=1S/C16H21N3O2/c1-18(13-6-7-13)16(21)10-19-14-8-5-12(17)9-11(14)3-2-4-15(19)20/h5,8-9,13H,2-4,6-7,10,17H2,1H3. The molecule has 21 heavy (non-hydrogen) atoms. The third-order valence-corrected chi connectivity index (χ3v) is 4.31. The van der Waals surface area contributed by atoms with Crippen molar-refractivity contribution < 1.29 is 9.59 Å². The summed E-state index contributed by atoms with van der Waals surface area (Å²) in [5.74, 6) is 0.0339. The van der Waals surface area contributed by atoms with E-state index in [0.717, 1.165) is 36.9 Å². The molecule has 1 aromatic carbocycles. The zero-order valence-electron chi connectivity index (χ0n) is 12.3. The van der Waals surface area contributed by atoms with E-state index in [1.54, 1.807) is 15.9 Å². The number of fused-ring (bicyclic) bond motifs is 1. The van der Waals surface area contributed by atoms with E-state index in [-0.39, 0.29) is 18.4 Å². The van der Waals surface area contributed by atoms with Crippen LogP contribution in [0.4, 0.5) is 11.4 Å². The molecule has 1 fully saturated rings. The van der Waals surface area contributed by atoms with Crippen LogP contribution in [0.25, 0.3) is 0 Å². The van der Waals surface area contributed by atoms with Gasteiger partial charge in [-0.1, -0.05) is 0 Å². The van der Waals surface area contributed by atoms with E-state index in [9.17, 15) is 9.59 Å². The summed E-state index contributed by atoms with van der Waals surface area (Å²) < 4.78 is 0. The third-order valence-electron chi connectivity index (χ3n) is 4.31. The van der Waals surface area contributed by atoms with Crippen LogP contribution in [0.5, 0.6) is 0 Å². The monoisotopic (exact) mass is 287 g/mol. The Morgan fingerprint density at radius 1 is 1.38 bits per heavy atom. The highest BCUT2D eigenvalue weighted by Crippen LogP contribution is 2.30. The Kier molecular flexibility index (Phi) is 3.57. The van der Waals surface area contributed by atoms with Crippen LogP contribution < -0.4 is 10.6 Å². The highest BCUT2D eigenvalue weighted by molar-refractivity contribution is 6.00. The lowest BCUT2D eigenvalue weighted by atomic mass is 10.1. The van der Waals surface area contributed by atoms with Crippen LogP contribution in [-0.4, -0.2) is 36.3 Å². The fourth-order valence-electron chi connectivity index (χ4n) is 2.85. The van der Waals surface area contributed by atoms with Crippen molar-refractivity contribution in [3.05, 3.63) is 23.8 Å². The molecule has 0 saturated heterocycles.